The van der Waals surface area contributed by atoms with Gasteiger partial charge in [-0.25, -0.2) is 0 Å². The average Bonchev–Trinajstić information content (AvgIpc) is 3.20. The van der Waals surface area contributed by atoms with Gasteiger partial charge in [0.25, 0.3) is 0 Å². The highest BCUT2D eigenvalue weighted by Crippen LogP contribution is 2.20. The topological polar surface area (TPSA) is 48.7 Å². The number of ether oxygens (including phenoxy) is 2. The Hall–Kier alpha value is -3.27. The quantitative estimate of drug-likeness (QED) is 0.319. The molecule has 0 aliphatic carbocycles. The molecule has 0 saturated carbocycles. The lowest BCUT2D eigenvalue weighted by Crippen LogP contribution is -1.95. The molecule has 3 aromatic rings. The lowest BCUT2D eigenvalue weighted by atomic mass is 10.0. The molecule has 0 fully saturated rings. The molecule has 3 rings (SSSR count). The van der Waals surface area contributed by atoms with Crippen LogP contribution in [0.25, 0.3) is 6.08 Å². The van der Waals surface area contributed by atoms with E-state index >= 15 is 0 Å². The zero-order valence-corrected chi connectivity index (χ0v) is 17.1. The third-order valence-electron chi connectivity index (χ3n) is 4.46. The normalized spacial score (nSPS) is 11.2. The van der Waals surface area contributed by atoms with Crippen LogP contribution in [0.5, 0.6) is 11.5 Å². The van der Waals surface area contributed by atoms with E-state index in [-0.39, 0.29) is 5.78 Å². The van der Waals surface area contributed by atoms with Crippen molar-refractivity contribution >= 4 is 11.9 Å². The molecule has 4 nitrogen and oxygen atoms in total. The van der Waals surface area contributed by atoms with Gasteiger partial charge in [-0.3, -0.25) is 4.79 Å². The fourth-order valence-electron chi connectivity index (χ4n) is 2.80. The summed E-state index contributed by atoms with van der Waals surface area (Å²) in [7, 11) is 0. The van der Waals surface area contributed by atoms with Crippen LogP contribution in [0.3, 0.4) is 0 Å². The van der Waals surface area contributed by atoms with E-state index in [0.717, 1.165) is 11.5 Å². The first kappa shape index (κ1) is 20.5. The van der Waals surface area contributed by atoms with E-state index in [2.05, 4.69) is 13.8 Å². The number of allylic oxidation sites excluding steroid dienone is 1. The molecule has 0 aliphatic rings. The van der Waals surface area contributed by atoms with Gasteiger partial charge in [0, 0.05) is 5.56 Å². The van der Waals surface area contributed by atoms with Crippen LogP contribution in [0.4, 0.5) is 0 Å². The van der Waals surface area contributed by atoms with E-state index < -0.39 is 0 Å². The molecule has 1 aromatic heterocycles. The minimum atomic E-state index is -0.0519. The van der Waals surface area contributed by atoms with Crippen LogP contribution in [-0.4, -0.2) is 12.4 Å². The maximum Gasteiger partial charge on any atom is 0.185 e. The van der Waals surface area contributed by atoms with Crippen LogP contribution in [0.1, 0.15) is 54.1 Å². The Balaban J connectivity index is 1.54. The smallest absolute Gasteiger partial charge is 0.185 e. The van der Waals surface area contributed by atoms with Crippen LogP contribution in [0.2, 0.25) is 0 Å². The van der Waals surface area contributed by atoms with Gasteiger partial charge in [0.15, 0.2) is 5.78 Å². The Morgan fingerprint density at radius 1 is 0.931 bits per heavy atom. The maximum absolute atomic E-state index is 12.3. The first-order valence-corrected chi connectivity index (χ1v) is 9.82. The zero-order chi connectivity index (χ0) is 20.6. The summed E-state index contributed by atoms with van der Waals surface area (Å²) >= 11 is 0. The number of benzene rings is 2. The van der Waals surface area contributed by atoms with Crippen LogP contribution >= 0.6 is 0 Å². The number of furan rings is 1. The van der Waals surface area contributed by atoms with E-state index in [1.165, 1.54) is 11.6 Å². The Kier molecular flexibility index (Phi) is 6.90. The lowest BCUT2D eigenvalue weighted by molar-refractivity contribution is 0.104. The minimum Gasteiger partial charge on any atom is -0.494 e. The Labute approximate surface area is 171 Å². The molecule has 0 saturated heterocycles. The largest absolute Gasteiger partial charge is 0.494 e. The highest BCUT2D eigenvalue weighted by Gasteiger charge is 2.05. The Morgan fingerprint density at radius 3 is 2.21 bits per heavy atom. The monoisotopic (exact) mass is 390 g/mol. The van der Waals surface area contributed by atoms with Gasteiger partial charge in [-0.15, -0.1) is 0 Å². The van der Waals surface area contributed by atoms with Crippen molar-refractivity contribution < 1.29 is 18.7 Å². The summed E-state index contributed by atoms with van der Waals surface area (Å²) < 4.78 is 16.9. The second kappa shape index (κ2) is 9.78. The van der Waals surface area contributed by atoms with Gasteiger partial charge in [0.1, 0.15) is 29.6 Å². The molecule has 0 unspecified atom stereocenters. The van der Waals surface area contributed by atoms with Crippen molar-refractivity contribution in [1.82, 2.24) is 0 Å². The third-order valence-corrected chi connectivity index (χ3v) is 4.46. The summed E-state index contributed by atoms with van der Waals surface area (Å²) in [6, 6.07) is 18.8. The highest BCUT2D eigenvalue weighted by atomic mass is 16.5. The van der Waals surface area contributed by atoms with Crippen molar-refractivity contribution in [3.63, 3.8) is 0 Å². The van der Waals surface area contributed by atoms with Crippen LogP contribution in [-0.2, 0) is 6.61 Å². The van der Waals surface area contributed by atoms with Gasteiger partial charge in [-0.2, -0.15) is 0 Å². The first-order chi connectivity index (χ1) is 14.0. The molecular formula is C25H26O4. The van der Waals surface area contributed by atoms with Crippen LogP contribution < -0.4 is 9.47 Å². The van der Waals surface area contributed by atoms with E-state index in [4.69, 9.17) is 13.9 Å². The maximum atomic E-state index is 12.3. The van der Waals surface area contributed by atoms with E-state index in [9.17, 15) is 4.79 Å². The summed E-state index contributed by atoms with van der Waals surface area (Å²) in [6.45, 7) is 7.15. The molecule has 0 atom stereocenters. The number of hydrogen-bond donors (Lipinski definition) is 0. The Bertz CT molecular complexity index is 947. The molecule has 1 heterocycles. The summed E-state index contributed by atoms with van der Waals surface area (Å²) in [4.78, 5) is 12.3. The average molecular weight is 390 g/mol. The van der Waals surface area contributed by atoms with Crippen molar-refractivity contribution in [3.8, 4) is 11.5 Å². The number of ketones is 1. The zero-order valence-electron chi connectivity index (χ0n) is 17.1. The minimum absolute atomic E-state index is 0.0519. The van der Waals surface area contributed by atoms with Crippen molar-refractivity contribution in [2.24, 2.45) is 0 Å². The second-order valence-corrected chi connectivity index (χ2v) is 6.97. The van der Waals surface area contributed by atoms with Gasteiger partial charge < -0.3 is 13.9 Å². The van der Waals surface area contributed by atoms with Crippen molar-refractivity contribution in [1.29, 1.82) is 0 Å². The van der Waals surface area contributed by atoms with Crippen LogP contribution in [0, 0.1) is 0 Å². The molecule has 0 spiro atoms. The van der Waals surface area contributed by atoms with E-state index in [1.807, 2.05) is 67.6 Å². The predicted octanol–water partition coefficient (Wildman–Crippen LogP) is 6.28. The number of carbonyl (C=O) groups is 1. The molecule has 0 N–H and O–H groups in total. The van der Waals surface area contributed by atoms with Crippen molar-refractivity contribution in [2.45, 2.75) is 33.3 Å². The fraction of sp³-hybridized carbons (Fsp3) is 0.240. The third kappa shape index (κ3) is 5.85. The molecule has 0 amide bonds. The first-order valence-electron chi connectivity index (χ1n) is 9.82. The molecule has 0 radical (unpaired) electrons. The fourth-order valence-corrected chi connectivity index (χ4v) is 2.80. The predicted molar refractivity (Wildman–Crippen MR) is 115 cm³/mol. The summed E-state index contributed by atoms with van der Waals surface area (Å²) in [5.74, 6) is 3.25. The standard InChI is InChI=1S/C25H26O4/c1-4-27-21-9-11-22(12-10-21)28-17-24-14-13-23(29-24)15-16-25(26)20-7-5-19(6-8-20)18(2)3/h5-16,18H,4,17H2,1-3H3/b16-15+. The van der Waals surface area contributed by atoms with Crippen molar-refractivity contribution in [3.05, 3.63) is 89.4 Å². The van der Waals surface area contributed by atoms with Gasteiger partial charge in [0.05, 0.1) is 6.61 Å². The highest BCUT2D eigenvalue weighted by molar-refractivity contribution is 6.06. The van der Waals surface area contributed by atoms with Gasteiger partial charge >= 0.3 is 0 Å². The SMILES string of the molecule is CCOc1ccc(OCc2ccc(/C=C/C(=O)c3ccc(C(C)C)cc3)o2)cc1. The molecule has 4 heteroatoms. The van der Waals surface area contributed by atoms with Gasteiger partial charge in [0.2, 0.25) is 0 Å². The van der Waals surface area contributed by atoms with Gasteiger partial charge in [-0.1, -0.05) is 38.1 Å². The molecule has 29 heavy (non-hydrogen) atoms. The molecular weight excluding hydrogens is 364 g/mol. The lowest BCUT2D eigenvalue weighted by Gasteiger charge is -2.06. The summed E-state index contributed by atoms with van der Waals surface area (Å²) in [6.07, 6.45) is 3.21. The summed E-state index contributed by atoms with van der Waals surface area (Å²) in [5.41, 5.74) is 1.88. The summed E-state index contributed by atoms with van der Waals surface area (Å²) in [5, 5.41) is 0. The van der Waals surface area contributed by atoms with Gasteiger partial charge in [-0.05, 0) is 67.0 Å². The van der Waals surface area contributed by atoms with E-state index in [1.54, 1.807) is 6.08 Å². The number of carbonyl (C=O) groups excluding carboxylic acids is 1. The van der Waals surface area contributed by atoms with Crippen LogP contribution in [0.15, 0.2) is 71.2 Å². The molecule has 0 bridgehead atoms. The second-order valence-electron chi connectivity index (χ2n) is 6.97. The Morgan fingerprint density at radius 2 is 1.59 bits per heavy atom. The molecule has 150 valence electrons. The van der Waals surface area contributed by atoms with Crippen molar-refractivity contribution in [2.75, 3.05) is 6.61 Å². The molecule has 0 aliphatic heterocycles. The molecule has 2 aromatic carbocycles. The number of hydrogen-bond acceptors (Lipinski definition) is 4. The number of rotatable bonds is 9. The van der Waals surface area contributed by atoms with E-state index in [0.29, 0.717) is 36.2 Å².